The summed E-state index contributed by atoms with van der Waals surface area (Å²) in [6.07, 6.45) is 3.76. The number of rotatable bonds is 2. The summed E-state index contributed by atoms with van der Waals surface area (Å²) in [5, 5.41) is 4.75. The number of cyclic esters (lactones) is 1. The fraction of sp³-hybridized carbons (Fsp3) is 0.200. The standard InChI is InChI=1S/C15H13ClN2O2/c1-9-6-13(20-15(9)19)14-11(4-3-5-12(14)16)10-7-17-18(2)8-10/h3-5,7-8,13H,1,6H2,2H3. The molecule has 1 unspecified atom stereocenters. The Balaban J connectivity index is 2.10. The van der Waals surface area contributed by atoms with Crippen LogP contribution in [0.15, 0.2) is 42.7 Å². The lowest BCUT2D eigenvalue weighted by molar-refractivity contribution is -0.139. The van der Waals surface area contributed by atoms with E-state index in [1.54, 1.807) is 16.9 Å². The monoisotopic (exact) mass is 288 g/mol. The normalized spacial score (nSPS) is 18.4. The van der Waals surface area contributed by atoms with Gasteiger partial charge in [0.2, 0.25) is 0 Å². The minimum atomic E-state index is -0.376. The topological polar surface area (TPSA) is 44.1 Å². The van der Waals surface area contributed by atoms with Crippen LogP contribution in [0.3, 0.4) is 0 Å². The van der Waals surface area contributed by atoms with E-state index in [1.807, 2.05) is 25.4 Å². The highest BCUT2D eigenvalue weighted by Gasteiger charge is 2.32. The van der Waals surface area contributed by atoms with Crippen molar-refractivity contribution in [2.75, 3.05) is 0 Å². The van der Waals surface area contributed by atoms with Crippen molar-refractivity contribution in [3.05, 3.63) is 53.3 Å². The van der Waals surface area contributed by atoms with Crippen molar-refractivity contribution in [2.24, 2.45) is 7.05 Å². The Bertz CT molecular complexity index is 690. The highest BCUT2D eigenvalue weighted by atomic mass is 35.5. The molecule has 1 atom stereocenters. The largest absolute Gasteiger partial charge is 0.454 e. The molecular weight excluding hydrogens is 276 g/mol. The van der Waals surface area contributed by atoms with Crippen molar-refractivity contribution < 1.29 is 9.53 Å². The molecule has 3 rings (SSSR count). The van der Waals surface area contributed by atoms with Crippen LogP contribution < -0.4 is 0 Å². The maximum Gasteiger partial charge on any atom is 0.334 e. The van der Waals surface area contributed by atoms with Gasteiger partial charge < -0.3 is 4.74 Å². The van der Waals surface area contributed by atoms with Crippen LogP contribution in [-0.4, -0.2) is 15.7 Å². The molecule has 1 aromatic carbocycles. The highest BCUT2D eigenvalue weighted by molar-refractivity contribution is 6.31. The predicted molar refractivity (Wildman–Crippen MR) is 76.2 cm³/mol. The second-order valence-corrected chi connectivity index (χ2v) is 5.21. The van der Waals surface area contributed by atoms with Crippen molar-refractivity contribution in [3.63, 3.8) is 0 Å². The average Bonchev–Trinajstić information content (AvgIpc) is 2.96. The summed E-state index contributed by atoms with van der Waals surface area (Å²) in [5.41, 5.74) is 3.16. The van der Waals surface area contributed by atoms with E-state index in [1.165, 1.54) is 0 Å². The number of aromatic nitrogens is 2. The molecule has 4 nitrogen and oxygen atoms in total. The fourth-order valence-electron chi connectivity index (χ4n) is 2.40. The van der Waals surface area contributed by atoms with Gasteiger partial charge in [-0.2, -0.15) is 5.10 Å². The third kappa shape index (κ3) is 2.12. The van der Waals surface area contributed by atoms with E-state index in [-0.39, 0.29) is 12.1 Å². The smallest absolute Gasteiger partial charge is 0.334 e. The van der Waals surface area contributed by atoms with Crippen LogP contribution in [0.5, 0.6) is 0 Å². The number of hydrogen-bond donors (Lipinski definition) is 0. The van der Waals surface area contributed by atoms with E-state index >= 15 is 0 Å². The van der Waals surface area contributed by atoms with Gasteiger partial charge in [-0.05, 0) is 11.6 Å². The zero-order valence-corrected chi connectivity index (χ0v) is 11.7. The van der Waals surface area contributed by atoms with Crippen LogP contribution in [0, 0.1) is 0 Å². The summed E-state index contributed by atoms with van der Waals surface area (Å²) >= 11 is 6.31. The van der Waals surface area contributed by atoms with Crippen LogP contribution in [-0.2, 0) is 16.6 Å². The minimum Gasteiger partial charge on any atom is -0.454 e. The third-order valence-electron chi connectivity index (χ3n) is 3.36. The molecule has 0 N–H and O–H groups in total. The molecular formula is C15H13ClN2O2. The number of ether oxygens (including phenoxy) is 1. The molecule has 1 saturated heterocycles. The Morgan fingerprint density at radius 1 is 1.50 bits per heavy atom. The summed E-state index contributed by atoms with van der Waals surface area (Å²) in [5.74, 6) is -0.355. The van der Waals surface area contributed by atoms with E-state index in [2.05, 4.69) is 11.7 Å². The van der Waals surface area contributed by atoms with E-state index in [0.29, 0.717) is 17.0 Å². The Morgan fingerprint density at radius 2 is 2.30 bits per heavy atom. The first-order valence-corrected chi connectivity index (χ1v) is 6.60. The number of carbonyl (C=O) groups is 1. The summed E-state index contributed by atoms with van der Waals surface area (Å²) in [7, 11) is 1.85. The SMILES string of the molecule is C=C1CC(c2c(Cl)cccc2-c2cnn(C)c2)OC1=O. The number of halogens is 1. The first-order valence-electron chi connectivity index (χ1n) is 6.22. The van der Waals surface area contributed by atoms with Crippen molar-refractivity contribution >= 4 is 17.6 Å². The molecule has 5 heteroatoms. The number of hydrogen-bond acceptors (Lipinski definition) is 3. The van der Waals surface area contributed by atoms with Gasteiger partial charge in [0.25, 0.3) is 0 Å². The molecule has 1 aromatic heterocycles. The lowest BCUT2D eigenvalue weighted by Crippen LogP contribution is -2.01. The molecule has 0 saturated carbocycles. The predicted octanol–water partition coefficient (Wildman–Crippen LogP) is 3.28. The van der Waals surface area contributed by atoms with E-state index < -0.39 is 0 Å². The summed E-state index contributed by atoms with van der Waals surface area (Å²) in [4.78, 5) is 11.5. The second-order valence-electron chi connectivity index (χ2n) is 4.81. The average molecular weight is 289 g/mol. The van der Waals surface area contributed by atoms with E-state index in [9.17, 15) is 4.79 Å². The van der Waals surface area contributed by atoms with Gasteiger partial charge in [-0.15, -0.1) is 0 Å². The van der Waals surface area contributed by atoms with E-state index in [4.69, 9.17) is 16.3 Å². The van der Waals surface area contributed by atoms with Gasteiger partial charge in [0.1, 0.15) is 6.10 Å². The van der Waals surface area contributed by atoms with Gasteiger partial charge in [0.15, 0.2) is 0 Å². The van der Waals surface area contributed by atoms with Crippen LogP contribution in [0.25, 0.3) is 11.1 Å². The molecule has 0 aliphatic carbocycles. The maximum absolute atomic E-state index is 11.5. The van der Waals surface area contributed by atoms with Crippen LogP contribution in [0.1, 0.15) is 18.1 Å². The molecule has 2 heterocycles. The number of carbonyl (C=O) groups excluding carboxylic acids is 1. The summed E-state index contributed by atoms with van der Waals surface area (Å²) < 4.78 is 7.08. The van der Waals surface area contributed by atoms with Gasteiger partial charge >= 0.3 is 5.97 Å². The second kappa shape index (κ2) is 4.80. The minimum absolute atomic E-state index is 0.355. The molecule has 0 spiro atoms. The summed E-state index contributed by atoms with van der Waals surface area (Å²) in [6, 6.07) is 5.62. The van der Waals surface area contributed by atoms with Crippen molar-refractivity contribution in [1.82, 2.24) is 9.78 Å². The van der Waals surface area contributed by atoms with Crippen molar-refractivity contribution in [3.8, 4) is 11.1 Å². The van der Waals surface area contributed by atoms with Crippen molar-refractivity contribution in [1.29, 1.82) is 0 Å². The Morgan fingerprint density at radius 3 is 2.90 bits per heavy atom. The first kappa shape index (κ1) is 12.9. The molecule has 1 aliphatic heterocycles. The zero-order chi connectivity index (χ0) is 14.3. The molecule has 1 fully saturated rings. The molecule has 0 amide bonds. The molecule has 0 radical (unpaired) electrons. The molecule has 102 valence electrons. The molecule has 0 bridgehead atoms. The quantitative estimate of drug-likeness (QED) is 0.629. The number of esters is 1. The number of aryl methyl sites for hydroxylation is 1. The first-order chi connectivity index (χ1) is 9.56. The zero-order valence-electron chi connectivity index (χ0n) is 11.0. The van der Waals surface area contributed by atoms with Crippen LogP contribution in [0.2, 0.25) is 5.02 Å². The van der Waals surface area contributed by atoms with Gasteiger partial charge in [-0.25, -0.2) is 4.79 Å². The fourth-order valence-corrected chi connectivity index (χ4v) is 2.69. The molecule has 20 heavy (non-hydrogen) atoms. The maximum atomic E-state index is 11.5. The van der Waals surface area contributed by atoms with Crippen molar-refractivity contribution in [2.45, 2.75) is 12.5 Å². The number of nitrogens with zero attached hydrogens (tertiary/aromatic N) is 2. The van der Waals surface area contributed by atoms with Gasteiger partial charge in [-0.1, -0.05) is 30.3 Å². The molecule has 1 aliphatic rings. The van der Waals surface area contributed by atoms with Gasteiger partial charge in [0, 0.05) is 41.4 Å². The Kier molecular flexibility index (Phi) is 3.10. The Hall–Kier alpha value is -2.07. The van der Waals surface area contributed by atoms with Crippen LogP contribution >= 0.6 is 11.6 Å². The van der Waals surface area contributed by atoms with Gasteiger partial charge in [0.05, 0.1) is 6.20 Å². The lowest BCUT2D eigenvalue weighted by atomic mass is 9.96. The Labute approximate surface area is 121 Å². The highest BCUT2D eigenvalue weighted by Crippen LogP contribution is 2.41. The van der Waals surface area contributed by atoms with Gasteiger partial charge in [-0.3, -0.25) is 4.68 Å². The van der Waals surface area contributed by atoms with Crippen LogP contribution in [0.4, 0.5) is 0 Å². The number of benzene rings is 1. The third-order valence-corrected chi connectivity index (χ3v) is 3.69. The summed E-state index contributed by atoms with van der Waals surface area (Å²) in [6.45, 7) is 3.71. The lowest BCUT2D eigenvalue weighted by Gasteiger charge is -2.15. The molecule has 2 aromatic rings. The van der Waals surface area contributed by atoms with E-state index in [0.717, 1.165) is 16.7 Å².